The van der Waals surface area contributed by atoms with Crippen LogP contribution in [0.4, 0.5) is 0 Å². The van der Waals surface area contributed by atoms with Gasteiger partial charge < -0.3 is 43.4 Å². The number of carboxylic acids is 2. The second-order valence-electron chi connectivity index (χ2n) is 7.97. The molecule has 14 nitrogen and oxygen atoms in total. The summed E-state index contributed by atoms with van der Waals surface area (Å²) in [5, 5.41) is 24.8. The number of rotatable bonds is 15. The quantitative estimate of drug-likeness (QED) is 0.0701. The maximum atomic E-state index is 12.7. The van der Waals surface area contributed by atoms with E-state index in [-0.39, 0.29) is 24.8 Å². The Morgan fingerprint density at radius 1 is 0.879 bits per heavy atom. The molecule has 4 unspecified atom stereocenters. The summed E-state index contributed by atoms with van der Waals surface area (Å²) in [5.41, 5.74) is 16.4. The number of carbonyl (C=O) groups is 5. The van der Waals surface area contributed by atoms with E-state index in [0.717, 1.165) is 0 Å². The minimum absolute atomic E-state index is 0.126. The molecule has 4 atom stereocenters. The number of hydrogen-bond donors (Lipinski definition) is 8. The third kappa shape index (κ3) is 12.9. The molecule has 0 aliphatic heterocycles. The highest BCUT2D eigenvalue weighted by Crippen LogP contribution is 2.05. The largest absolute Gasteiger partial charge is 0.481 e. The Kier molecular flexibility index (Phi) is 13.1. The number of nitrogens with one attached hydrogen (secondary N) is 3. The van der Waals surface area contributed by atoms with Gasteiger partial charge in [0.2, 0.25) is 17.7 Å². The van der Waals surface area contributed by atoms with Crippen LogP contribution in [0.2, 0.25) is 0 Å². The molecule has 0 aromatic rings. The Labute approximate surface area is 191 Å². The summed E-state index contributed by atoms with van der Waals surface area (Å²) in [6, 6.07) is -4.78. The summed E-state index contributed by atoms with van der Waals surface area (Å²) >= 11 is 0. The number of aliphatic carboxylic acids is 2. The summed E-state index contributed by atoms with van der Waals surface area (Å²) in [6.07, 6.45) is 0.0237. The van der Waals surface area contributed by atoms with E-state index in [0.29, 0.717) is 12.8 Å². The van der Waals surface area contributed by atoms with Gasteiger partial charge in [-0.3, -0.25) is 24.2 Å². The van der Waals surface area contributed by atoms with Gasteiger partial charge in [-0.05, 0) is 32.1 Å². The predicted octanol–water partition coefficient (Wildman–Crippen LogP) is -2.55. The molecule has 0 saturated heterocycles. The number of nitrogens with two attached hydrogens (primary N) is 3. The summed E-state index contributed by atoms with van der Waals surface area (Å²) in [7, 11) is 0. The van der Waals surface area contributed by atoms with Crippen molar-refractivity contribution in [3.05, 3.63) is 0 Å². The van der Waals surface area contributed by atoms with Crippen LogP contribution in [0.1, 0.15) is 46.5 Å². The number of carboxylic acid groups (broad SMARTS) is 2. The smallest absolute Gasteiger partial charge is 0.326 e. The van der Waals surface area contributed by atoms with Gasteiger partial charge in [-0.15, -0.1) is 0 Å². The number of guanidine groups is 1. The molecule has 0 rings (SSSR count). The maximum Gasteiger partial charge on any atom is 0.326 e. The van der Waals surface area contributed by atoms with Crippen molar-refractivity contribution in [1.29, 1.82) is 0 Å². The van der Waals surface area contributed by atoms with E-state index in [4.69, 9.17) is 27.4 Å². The topological polar surface area (TPSA) is 252 Å². The van der Waals surface area contributed by atoms with E-state index >= 15 is 0 Å². The fourth-order valence-electron chi connectivity index (χ4n) is 2.72. The lowest BCUT2D eigenvalue weighted by atomic mass is 10.0. The van der Waals surface area contributed by atoms with Crippen LogP contribution in [-0.2, 0) is 24.0 Å². The van der Waals surface area contributed by atoms with Crippen molar-refractivity contribution in [1.82, 2.24) is 16.0 Å². The Hall–Kier alpha value is -3.42. The van der Waals surface area contributed by atoms with Crippen LogP contribution >= 0.6 is 0 Å². The van der Waals surface area contributed by atoms with Crippen molar-refractivity contribution in [2.24, 2.45) is 28.1 Å². The number of amides is 3. The Bertz CT molecular complexity index is 738. The minimum Gasteiger partial charge on any atom is -0.481 e. The van der Waals surface area contributed by atoms with Crippen LogP contribution in [0.15, 0.2) is 4.99 Å². The zero-order valence-corrected chi connectivity index (χ0v) is 19.0. The first-order chi connectivity index (χ1) is 15.2. The summed E-state index contributed by atoms with van der Waals surface area (Å²) < 4.78 is 0. The molecule has 0 bridgehead atoms. The van der Waals surface area contributed by atoms with Gasteiger partial charge >= 0.3 is 11.9 Å². The average molecular weight is 474 g/mol. The SMILES string of the molecule is CC(C)CC(N)C(=O)NC(CCCN=C(N)N)C(=O)NC(C)C(=O)NC(CC(=O)O)C(=O)O. The van der Waals surface area contributed by atoms with Crippen LogP contribution < -0.4 is 33.2 Å². The van der Waals surface area contributed by atoms with Gasteiger partial charge in [0.05, 0.1) is 12.5 Å². The lowest BCUT2D eigenvalue weighted by Crippen LogP contribution is -2.56. The van der Waals surface area contributed by atoms with Crippen molar-refractivity contribution < 1.29 is 34.2 Å². The molecule has 0 aromatic heterocycles. The van der Waals surface area contributed by atoms with E-state index in [1.807, 2.05) is 13.8 Å². The zero-order valence-electron chi connectivity index (χ0n) is 19.0. The lowest BCUT2D eigenvalue weighted by Gasteiger charge is -2.23. The lowest BCUT2D eigenvalue weighted by molar-refractivity contribution is -0.147. The predicted molar refractivity (Wildman–Crippen MR) is 119 cm³/mol. The molecule has 0 aromatic carbocycles. The molecular formula is C19H35N7O7. The molecule has 0 fully saturated rings. The molecule has 0 radical (unpaired) electrons. The highest BCUT2D eigenvalue weighted by molar-refractivity contribution is 5.94. The van der Waals surface area contributed by atoms with Crippen molar-refractivity contribution >= 4 is 35.6 Å². The molecule has 0 aliphatic carbocycles. The molecule has 188 valence electrons. The minimum atomic E-state index is -1.67. The number of nitrogens with zero attached hydrogens (tertiary/aromatic N) is 1. The number of aliphatic imine (C=N–C) groups is 1. The molecule has 3 amide bonds. The summed E-state index contributed by atoms with van der Waals surface area (Å²) in [5.74, 6) is -5.09. The number of carbonyl (C=O) groups excluding carboxylic acids is 3. The normalized spacial score (nSPS) is 14.3. The summed E-state index contributed by atoms with van der Waals surface area (Å²) in [4.78, 5) is 63.1. The van der Waals surface area contributed by atoms with Crippen LogP contribution in [0, 0.1) is 5.92 Å². The van der Waals surface area contributed by atoms with Crippen LogP contribution in [0.3, 0.4) is 0 Å². The second-order valence-corrected chi connectivity index (χ2v) is 7.97. The molecule has 0 heterocycles. The van der Waals surface area contributed by atoms with Crippen LogP contribution in [0.5, 0.6) is 0 Å². The standard InChI is InChI=1S/C19H35N7O7/c1-9(2)7-11(20)16(30)25-12(5-4-6-23-19(21)22)17(31)24-10(3)15(29)26-13(18(32)33)8-14(27)28/h9-13H,4-8,20H2,1-3H3,(H,24,31)(H,25,30)(H,26,29)(H,27,28)(H,32,33)(H4,21,22,23). The molecule has 33 heavy (non-hydrogen) atoms. The van der Waals surface area contributed by atoms with Gasteiger partial charge in [0.25, 0.3) is 0 Å². The molecule has 0 saturated carbocycles. The highest BCUT2D eigenvalue weighted by Gasteiger charge is 2.29. The molecule has 0 aliphatic rings. The van der Waals surface area contributed by atoms with Crippen LogP contribution in [0.25, 0.3) is 0 Å². The monoisotopic (exact) mass is 473 g/mol. The van der Waals surface area contributed by atoms with E-state index in [1.165, 1.54) is 6.92 Å². The van der Waals surface area contributed by atoms with Gasteiger partial charge in [0.1, 0.15) is 18.1 Å². The van der Waals surface area contributed by atoms with E-state index in [9.17, 15) is 24.0 Å². The second kappa shape index (κ2) is 14.6. The van der Waals surface area contributed by atoms with E-state index in [1.54, 1.807) is 0 Å². The highest BCUT2D eigenvalue weighted by atomic mass is 16.4. The first kappa shape index (κ1) is 29.6. The molecule has 0 spiro atoms. The van der Waals surface area contributed by atoms with Crippen LogP contribution in [-0.4, -0.2) is 76.5 Å². The first-order valence-corrected chi connectivity index (χ1v) is 10.4. The van der Waals surface area contributed by atoms with Crippen molar-refractivity contribution in [2.75, 3.05) is 6.54 Å². The van der Waals surface area contributed by atoms with Crippen molar-refractivity contribution in [3.63, 3.8) is 0 Å². The first-order valence-electron chi connectivity index (χ1n) is 10.4. The Balaban J connectivity index is 5.21. The average Bonchev–Trinajstić information content (AvgIpc) is 2.68. The molecule has 11 N–H and O–H groups in total. The van der Waals surface area contributed by atoms with Gasteiger partial charge in [0, 0.05) is 6.54 Å². The van der Waals surface area contributed by atoms with Gasteiger partial charge in [0.15, 0.2) is 5.96 Å². The summed E-state index contributed by atoms with van der Waals surface area (Å²) in [6.45, 7) is 5.27. The zero-order chi connectivity index (χ0) is 25.7. The molecular weight excluding hydrogens is 438 g/mol. The fourth-order valence-corrected chi connectivity index (χ4v) is 2.72. The van der Waals surface area contributed by atoms with Crippen molar-refractivity contribution in [3.8, 4) is 0 Å². The Morgan fingerprint density at radius 2 is 1.45 bits per heavy atom. The maximum absolute atomic E-state index is 12.7. The third-order valence-electron chi connectivity index (χ3n) is 4.39. The molecule has 14 heteroatoms. The van der Waals surface area contributed by atoms with Gasteiger partial charge in [-0.25, -0.2) is 4.79 Å². The van der Waals surface area contributed by atoms with Crippen molar-refractivity contribution in [2.45, 2.75) is 70.6 Å². The Morgan fingerprint density at radius 3 is 1.94 bits per heavy atom. The third-order valence-corrected chi connectivity index (χ3v) is 4.39. The van der Waals surface area contributed by atoms with E-state index in [2.05, 4.69) is 20.9 Å². The van der Waals surface area contributed by atoms with E-state index < -0.39 is 60.2 Å². The number of hydrogen-bond acceptors (Lipinski definition) is 7. The van der Waals surface area contributed by atoms with Gasteiger partial charge in [-0.2, -0.15) is 0 Å². The fraction of sp³-hybridized carbons (Fsp3) is 0.684. The van der Waals surface area contributed by atoms with Gasteiger partial charge in [-0.1, -0.05) is 13.8 Å².